The highest BCUT2D eigenvalue weighted by Crippen LogP contribution is 2.34. The van der Waals surface area contributed by atoms with Crippen molar-refractivity contribution in [2.45, 2.75) is 316 Å². The zero-order chi connectivity index (χ0) is 83.8. The van der Waals surface area contributed by atoms with E-state index in [-0.39, 0.29) is 176 Å². The lowest BCUT2D eigenvalue weighted by molar-refractivity contribution is -0.145. The first-order valence-corrected chi connectivity index (χ1v) is 43.1. The van der Waals surface area contributed by atoms with E-state index in [0.717, 1.165) is 180 Å². The number of hydrogen-bond acceptors (Lipinski definition) is 28. The van der Waals surface area contributed by atoms with Crippen LogP contribution in [0, 0.1) is 82.9 Å². The molecular formula is C84H154O28. The van der Waals surface area contributed by atoms with Crippen LogP contribution in [0.1, 0.15) is 273 Å². The lowest BCUT2D eigenvalue weighted by atomic mass is 9.88. The summed E-state index contributed by atoms with van der Waals surface area (Å²) in [5, 5.41) is 133. The average molecular weight is 1610 g/mol. The summed E-state index contributed by atoms with van der Waals surface area (Å²) in [5.74, 6) is -7.76. The van der Waals surface area contributed by atoms with E-state index < -0.39 is 84.2 Å². The molecule has 658 valence electrons. The molecule has 7 fully saturated rings. The summed E-state index contributed by atoms with van der Waals surface area (Å²) in [4.78, 5) is 79.7. The van der Waals surface area contributed by atoms with Crippen molar-refractivity contribution < 1.29 is 138 Å². The summed E-state index contributed by atoms with van der Waals surface area (Å²) < 4.78 is 34.0. The van der Waals surface area contributed by atoms with Gasteiger partial charge in [0.05, 0.1) is 177 Å². The van der Waals surface area contributed by atoms with Crippen molar-refractivity contribution in [2.75, 3.05) is 92.5 Å². The Balaban J connectivity index is 0.000000653. The molecule has 0 amide bonds. The van der Waals surface area contributed by atoms with Gasteiger partial charge in [-0.05, 0) is 44.9 Å². The lowest BCUT2D eigenvalue weighted by Crippen LogP contribution is -2.31. The molecule has 7 heterocycles. The number of carbonyl (C=O) groups is 7. The third-order valence-electron chi connectivity index (χ3n) is 22.6. The first kappa shape index (κ1) is 106. The molecular weight excluding hydrogens is 1460 g/mol. The minimum absolute atomic E-state index is 0.0948. The maximum Gasteiger partial charge on any atom is 0.312 e. The molecule has 21 unspecified atom stereocenters. The number of hydrogen-bond donors (Lipinski definition) is 14. The van der Waals surface area contributed by atoms with E-state index in [1.165, 1.54) is 0 Å². The van der Waals surface area contributed by atoms with Gasteiger partial charge in [0.2, 0.25) is 0 Å². The number of aliphatic hydroxyl groups is 14. The Labute approximate surface area is 668 Å². The number of unbranched alkanes of at least 4 members (excludes halogenated alkanes) is 21. The summed E-state index contributed by atoms with van der Waals surface area (Å²) in [6.07, 6.45) is 30.0. The van der Waals surface area contributed by atoms with E-state index in [1.54, 1.807) is 0 Å². The van der Waals surface area contributed by atoms with E-state index in [4.69, 9.17) is 68.9 Å². The Morgan fingerprint density at radius 3 is 0.402 bits per heavy atom. The number of carbonyl (C=O) groups excluding carboxylic acids is 7. The Morgan fingerprint density at radius 2 is 0.312 bits per heavy atom. The first-order valence-electron chi connectivity index (χ1n) is 43.1. The molecule has 0 bridgehead atoms. The van der Waals surface area contributed by atoms with Crippen molar-refractivity contribution in [1.82, 2.24) is 0 Å². The number of cyclic esters (lactones) is 7. The molecule has 0 aromatic heterocycles. The van der Waals surface area contributed by atoms with Gasteiger partial charge in [-0.1, -0.05) is 228 Å². The summed E-state index contributed by atoms with van der Waals surface area (Å²) in [6, 6.07) is 0. The Bertz CT molecular complexity index is 1970. The average Bonchev–Trinajstić information content (AvgIpc) is 1.76. The SMILES string of the molecule is CCCCCCC(O)C1C(=O)OCC1CO.CCCCCCC(O)C1C(=O)OCC1CO.CCCCCCC(O)C1C(=O)OCC1CO.CCCCCCC(O)C1C(=O)OCC1CO.CCCCCCC(O)C1C(=O)OCC1CO.CCCCCCC(O)C1C(=O)OCC1CO.CCCCCCC(O)C1C(=O)OCC1CO. The van der Waals surface area contributed by atoms with Crippen LogP contribution in [0.4, 0.5) is 0 Å². The van der Waals surface area contributed by atoms with Crippen LogP contribution in [0.25, 0.3) is 0 Å². The van der Waals surface area contributed by atoms with Crippen molar-refractivity contribution in [1.29, 1.82) is 0 Å². The van der Waals surface area contributed by atoms with Crippen LogP contribution < -0.4 is 0 Å². The van der Waals surface area contributed by atoms with E-state index in [2.05, 4.69) is 48.5 Å². The summed E-state index contributed by atoms with van der Waals surface area (Å²) in [6.45, 7) is 16.0. The molecule has 0 aromatic carbocycles. The van der Waals surface area contributed by atoms with Crippen molar-refractivity contribution >= 4 is 41.8 Å². The van der Waals surface area contributed by atoms with Gasteiger partial charge in [-0.15, -0.1) is 0 Å². The van der Waals surface area contributed by atoms with Gasteiger partial charge in [0.1, 0.15) is 0 Å². The third-order valence-corrected chi connectivity index (χ3v) is 22.6. The van der Waals surface area contributed by atoms with Gasteiger partial charge >= 0.3 is 41.8 Å². The molecule has 0 saturated carbocycles. The standard InChI is InChI=1S/7C12H22O4/c7*1-2-3-4-5-6-10(14)11-9(7-13)8-16-12(11)15/h7*9-11,13-14H,2-8H2,1H3. The zero-order valence-electron chi connectivity index (χ0n) is 69.2. The number of rotatable bonds is 49. The van der Waals surface area contributed by atoms with Gasteiger partial charge in [0.15, 0.2) is 0 Å². The molecule has 7 saturated heterocycles. The van der Waals surface area contributed by atoms with Crippen LogP contribution in [0.15, 0.2) is 0 Å². The van der Waals surface area contributed by atoms with Crippen molar-refractivity contribution in [2.24, 2.45) is 82.9 Å². The molecule has 28 heteroatoms. The van der Waals surface area contributed by atoms with Gasteiger partial charge in [-0.25, -0.2) is 0 Å². The number of ether oxygens (including phenoxy) is 7. The van der Waals surface area contributed by atoms with E-state index in [0.29, 0.717) is 44.9 Å². The van der Waals surface area contributed by atoms with E-state index in [9.17, 15) is 69.3 Å². The van der Waals surface area contributed by atoms with Crippen LogP contribution in [0.5, 0.6) is 0 Å². The maximum atomic E-state index is 11.4. The molecule has 0 aliphatic carbocycles. The number of aliphatic hydroxyl groups excluding tert-OH is 14. The highest BCUT2D eigenvalue weighted by molar-refractivity contribution is 5.78. The van der Waals surface area contributed by atoms with E-state index in [1.807, 2.05) is 0 Å². The second-order valence-corrected chi connectivity index (χ2v) is 31.6. The predicted octanol–water partition coefficient (Wildman–Crippen LogP) is 7.69. The molecule has 112 heavy (non-hydrogen) atoms. The molecule has 28 nitrogen and oxygen atoms in total. The van der Waals surface area contributed by atoms with Gasteiger partial charge in [0.25, 0.3) is 0 Å². The monoisotopic (exact) mass is 1610 g/mol. The van der Waals surface area contributed by atoms with Gasteiger partial charge in [-0.3, -0.25) is 33.6 Å². The minimum atomic E-state index is -0.663. The topological polar surface area (TPSA) is 467 Å². The Hall–Kier alpha value is -4.27. The summed E-state index contributed by atoms with van der Waals surface area (Å²) in [7, 11) is 0. The Morgan fingerprint density at radius 1 is 0.205 bits per heavy atom. The second-order valence-electron chi connectivity index (χ2n) is 31.6. The number of esters is 7. The van der Waals surface area contributed by atoms with Crippen LogP contribution in [0.2, 0.25) is 0 Å². The molecule has 14 N–H and O–H groups in total. The van der Waals surface area contributed by atoms with Gasteiger partial charge in [0, 0.05) is 41.4 Å². The van der Waals surface area contributed by atoms with Gasteiger partial charge < -0.3 is 105 Å². The van der Waals surface area contributed by atoms with E-state index >= 15 is 0 Å². The maximum absolute atomic E-state index is 11.4. The molecule has 0 spiro atoms. The third kappa shape index (κ3) is 39.8. The van der Waals surface area contributed by atoms with Crippen LogP contribution in [-0.2, 0) is 66.7 Å². The fourth-order valence-corrected chi connectivity index (χ4v) is 15.3. The second kappa shape index (κ2) is 64.8. The van der Waals surface area contributed by atoms with Crippen molar-refractivity contribution in [3.63, 3.8) is 0 Å². The predicted molar refractivity (Wildman–Crippen MR) is 419 cm³/mol. The molecule has 7 aliphatic heterocycles. The first-order chi connectivity index (χ1) is 53.9. The quantitative estimate of drug-likeness (QED) is 0.0158. The van der Waals surface area contributed by atoms with Gasteiger partial charge in [-0.2, -0.15) is 0 Å². The summed E-state index contributed by atoms with van der Waals surface area (Å²) in [5.41, 5.74) is 0. The molecule has 0 radical (unpaired) electrons. The largest absolute Gasteiger partial charge is 0.465 e. The molecule has 7 rings (SSSR count). The normalized spacial score (nSPS) is 26.8. The fourth-order valence-electron chi connectivity index (χ4n) is 15.3. The highest BCUT2D eigenvalue weighted by Gasteiger charge is 2.47. The smallest absolute Gasteiger partial charge is 0.312 e. The lowest BCUT2D eigenvalue weighted by Gasteiger charge is -2.19. The molecule has 21 atom stereocenters. The van der Waals surface area contributed by atoms with Crippen LogP contribution >= 0.6 is 0 Å². The zero-order valence-corrected chi connectivity index (χ0v) is 69.2. The molecule has 7 aliphatic rings. The molecule has 0 aromatic rings. The minimum Gasteiger partial charge on any atom is -0.465 e. The van der Waals surface area contributed by atoms with Crippen LogP contribution in [-0.4, -0.2) is 249 Å². The fraction of sp³-hybridized carbons (Fsp3) is 0.917. The van der Waals surface area contributed by atoms with Crippen molar-refractivity contribution in [3.05, 3.63) is 0 Å². The van der Waals surface area contributed by atoms with Crippen LogP contribution in [0.3, 0.4) is 0 Å². The highest BCUT2D eigenvalue weighted by atomic mass is 16.6. The Kier molecular flexibility index (Phi) is 61.1. The summed E-state index contributed by atoms with van der Waals surface area (Å²) >= 11 is 0. The van der Waals surface area contributed by atoms with Crippen molar-refractivity contribution in [3.8, 4) is 0 Å².